The van der Waals surface area contributed by atoms with E-state index in [1.807, 2.05) is 32.0 Å². The molecule has 1 saturated carbocycles. The highest BCUT2D eigenvalue weighted by molar-refractivity contribution is 6.07. The van der Waals surface area contributed by atoms with Gasteiger partial charge in [-0.05, 0) is 43.5 Å². The lowest BCUT2D eigenvalue weighted by molar-refractivity contribution is -0.119. The number of hydrogen-bond donors (Lipinski definition) is 1. The minimum absolute atomic E-state index is 0.00731. The number of ketones is 1. The molecule has 1 amide bonds. The van der Waals surface area contributed by atoms with Crippen molar-refractivity contribution in [1.82, 2.24) is 0 Å². The van der Waals surface area contributed by atoms with E-state index in [-0.39, 0.29) is 11.7 Å². The van der Waals surface area contributed by atoms with E-state index >= 15 is 0 Å². The Morgan fingerprint density at radius 2 is 2.00 bits per heavy atom. The maximum absolute atomic E-state index is 12.4. The summed E-state index contributed by atoms with van der Waals surface area (Å²) in [6, 6.07) is 5.62. The Hall–Kier alpha value is -1.64. The number of fused-ring (bicyclic) bond motifs is 1. The molecule has 2 aliphatic rings. The van der Waals surface area contributed by atoms with Gasteiger partial charge in [-0.1, -0.05) is 25.7 Å². The minimum atomic E-state index is -0.543. The van der Waals surface area contributed by atoms with Crippen molar-refractivity contribution >= 4 is 17.4 Å². The highest BCUT2D eigenvalue weighted by Crippen LogP contribution is 2.38. The van der Waals surface area contributed by atoms with Crippen LogP contribution < -0.4 is 5.32 Å². The summed E-state index contributed by atoms with van der Waals surface area (Å²) in [5.74, 6) is 0.784. The van der Waals surface area contributed by atoms with Crippen LogP contribution in [0.2, 0.25) is 0 Å². The summed E-state index contributed by atoms with van der Waals surface area (Å²) >= 11 is 0. The number of anilines is 1. The maximum atomic E-state index is 12.4. The number of hydrogen-bond acceptors (Lipinski definition) is 2. The Kier molecular flexibility index (Phi) is 3.15. The normalized spacial score (nSPS) is 20.8. The third kappa shape index (κ3) is 2.15. The molecule has 0 spiro atoms. The van der Waals surface area contributed by atoms with E-state index in [9.17, 15) is 9.59 Å². The molecule has 0 bridgehead atoms. The fourth-order valence-electron chi connectivity index (χ4n) is 3.34. The van der Waals surface area contributed by atoms with Gasteiger partial charge in [-0.25, -0.2) is 0 Å². The van der Waals surface area contributed by atoms with Gasteiger partial charge < -0.3 is 5.32 Å². The van der Waals surface area contributed by atoms with Crippen LogP contribution in [0.1, 0.15) is 61.9 Å². The van der Waals surface area contributed by atoms with E-state index in [0.29, 0.717) is 12.3 Å². The molecule has 0 aromatic heterocycles. The number of benzene rings is 1. The molecule has 106 valence electrons. The molecule has 1 aliphatic heterocycles. The van der Waals surface area contributed by atoms with Gasteiger partial charge in [0, 0.05) is 17.7 Å². The molecule has 1 aromatic rings. The van der Waals surface area contributed by atoms with Gasteiger partial charge in [-0.2, -0.15) is 0 Å². The van der Waals surface area contributed by atoms with Gasteiger partial charge in [0.1, 0.15) is 0 Å². The van der Waals surface area contributed by atoms with Crippen molar-refractivity contribution in [3.8, 4) is 0 Å². The van der Waals surface area contributed by atoms with Crippen molar-refractivity contribution in [2.45, 2.75) is 51.4 Å². The van der Waals surface area contributed by atoms with E-state index in [0.717, 1.165) is 16.8 Å². The van der Waals surface area contributed by atoms with Crippen LogP contribution in [0.5, 0.6) is 0 Å². The molecule has 0 unspecified atom stereocenters. The summed E-state index contributed by atoms with van der Waals surface area (Å²) in [7, 11) is 0. The second-order valence-corrected chi connectivity index (χ2v) is 6.62. The van der Waals surface area contributed by atoms with Gasteiger partial charge in [0.05, 0.1) is 5.41 Å². The molecule has 20 heavy (non-hydrogen) atoms. The van der Waals surface area contributed by atoms with Crippen molar-refractivity contribution in [2.24, 2.45) is 5.92 Å². The van der Waals surface area contributed by atoms with E-state index in [1.165, 1.54) is 25.7 Å². The van der Waals surface area contributed by atoms with Crippen LogP contribution in [0.4, 0.5) is 5.69 Å². The fraction of sp³-hybridized carbons (Fsp3) is 0.529. The lowest BCUT2D eigenvalue weighted by atomic mass is 9.84. The molecule has 3 rings (SSSR count). The Labute approximate surface area is 119 Å². The number of nitrogens with one attached hydrogen (secondary N) is 1. The standard InChI is InChI=1S/C17H21NO2/c1-17(2)13-10-12(7-8-14(13)18-16(17)20)15(19)9-11-5-3-4-6-11/h7-8,10-11H,3-6,9H2,1-2H3,(H,18,20). The Balaban J connectivity index is 1.84. The third-order valence-corrected chi connectivity index (χ3v) is 4.78. The van der Waals surface area contributed by atoms with Crippen molar-refractivity contribution < 1.29 is 9.59 Å². The van der Waals surface area contributed by atoms with E-state index in [4.69, 9.17) is 0 Å². The summed E-state index contributed by atoms with van der Waals surface area (Å²) < 4.78 is 0. The second kappa shape index (κ2) is 4.72. The zero-order valence-electron chi connectivity index (χ0n) is 12.2. The van der Waals surface area contributed by atoms with Crippen LogP contribution in [0.3, 0.4) is 0 Å². The van der Waals surface area contributed by atoms with Crippen LogP contribution in [0, 0.1) is 5.92 Å². The summed E-state index contributed by atoms with van der Waals surface area (Å²) in [6.07, 6.45) is 5.53. The maximum Gasteiger partial charge on any atom is 0.234 e. The van der Waals surface area contributed by atoms with Gasteiger partial charge in [-0.15, -0.1) is 0 Å². The Morgan fingerprint density at radius 3 is 2.70 bits per heavy atom. The van der Waals surface area contributed by atoms with Crippen molar-refractivity contribution in [2.75, 3.05) is 5.32 Å². The summed E-state index contributed by atoms with van der Waals surface area (Å²) in [5, 5.41) is 2.88. The number of carbonyl (C=O) groups excluding carboxylic acids is 2. The van der Waals surface area contributed by atoms with Crippen LogP contribution in [0.25, 0.3) is 0 Å². The van der Waals surface area contributed by atoms with Crippen LogP contribution in [-0.4, -0.2) is 11.7 Å². The molecule has 3 nitrogen and oxygen atoms in total. The quantitative estimate of drug-likeness (QED) is 0.852. The summed E-state index contributed by atoms with van der Waals surface area (Å²) in [4.78, 5) is 24.3. The highest BCUT2D eigenvalue weighted by Gasteiger charge is 2.38. The molecule has 3 heteroatoms. The summed E-state index contributed by atoms with van der Waals surface area (Å²) in [5.41, 5.74) is 2.00. The fourth-order valence-corrected chi connectivity index (χ4v) is 3.34. The molecule has 1 aromatic carbocycles. The van der Waals surface area contributed by atoms with Gasteiger partial charge in [0.2, 0.25) is 5.91 Å². The molecule has 0 radical (unpaired) electrons. The number of carbonyl (C=O) groups is 2. The van der Waals surface area contributed by atoms with E-state index in [2.05, 4.69) is 5.32 Å². The Morgan fingerprint density at radius 1 is 1.30 bits per heavy atom. The number of Topliss-reactive ketones (excluding diaryl/α,β-unsaturated/α-hetero) is 1. The van der Waals surface area contributed by atoms with Gasteiger partial charge in [0.15, 0.2) is 5.78 Å². The first-order valence-electron chi connectivity index (χ1n) is 7.47. The van der Waals surface area contributed by atoms with E-state index in [1.54, 1.807) is 0 Å². The largest absolute Gasteiger partial charge is 0.325 e. The lowest BCUT2D eigenvalue weighted by Gasteiger charge is -2.16. The second-order valence-electron chi connectivity index (χ2n) is 6.62. The lowest BCUT2D eigenvalue weighted by Crippen LogP contribution is -2.27. The summed E-state index contributed by atoms with van der Waals surface area (Å²) in [6.45, 7) is 3.80. The predicted molar refractivity (Wildman–Crippen MR) is 79.0 cm³/mol. The first kappa shape index (κ1) is 13.3. The molecule has 1 fully saturated rings. The molecule has 1 N–H and O–H groups in total. The molecule has 0 atom stereocenters. The first-order chi connectivity index (χ1) is 9.48. The van der Waals surface area contributed by atoms with Crippen LogP contribution >= 0.6 is 0 Å². The molecular weight excluding hydrogens is 250 g/mol. The SMILES string of the molecule is CC1(C)C(=O)Nc2ccc(C(=O)CC3CCCC3)cc21. The molecule has 0 saturated heterocycles. The zero-order chi connectivity index (χ0) is 14.3. The molecule has 1 aliphatic carbocycles. The highest BCUT2D eigenvalue weighted by atomic mass is 16.2. The predicted octanol–water partition coefficient (Wildman–Crippen LogP) is 3.68. The van der Waals surface area contributed by atoms with E-state index < -0.39 is 5.41 Å². The van der Waals surface area contributed by atoms with Crippen molar-refractivity contribution in [3.63, 3.8) is 0 Å². The van der Waals surface area contributed by atoms with Gasteiger partial charge >= 0.3 is 0 Å². The van der Waals surface area contributed by atoms with Crippen LogP contribution in [-0.2, 0) is 10.2 Å². The van der Waals surface area contributed by atoms with Gasteiger partial charge in [0.25, 0.3) is 0 Å². The third-order valence-electron chi connectivity index (χ3n) is 4.78. The minimum Gasteiger partial charge on any atom is -0.325 e. The van der Waals surface area contributed by atoms with Crippen molar-refractivity contribution in [3.05, 3.63) is 29.3 Å². The zero-order valence-corrected chi connectivity index (χ0v) is 12.2. The monoisotopic (exact) mass is 271 g/mol. The first-order valence-corrected chi connectivity index (χ1v) is 7.47. The molecular formula is C17H21NO2. The van der Waals surface area contributed by atoms with Crippen LogP contribution in [0.15, 0.2) is 18.2 Å². The number of rotatable bonds is 3. The molecule has 1 heterocycles. The van der Waals surface area contributed by atoms with Crippen molar-refractivity contribution in [1.29, 1.82) is 0 Å². The number of amides is 1. The average molecular weight is 271 g/mol. The smallest absolute Gasteiger partial charge is 0.234 e. The van der Waals surface area contributed by atoms with Gasteiger partial charge in [-0.3, -0.25) is 9.59 Å². The topological polar surface area (TPSA) is 46.2 Å². The Bertz CT molecular complexity index is 568. The average Bonchev–Trinajstić information content (AvgIpc) is 2.98.